The van der Waals surface area contributed by atoms with E-state index in [4.69, 9.17) is 0 Å². The van der Waals surface area contributed by atoms with Gasteiger partial charge in [0.2, 0.25) is 5.91 Å². The quantitative estimate of drug-likeness (QED) is 0.584. The van der Waals surface area contributed by atoms with Crippen molar-refractivity contribution in [2.24, 2.45) is 11.8 Å². The van der Waals surface area contributed by atoms with Gasteiger partial charge in [0.15, 0.2) is 0 Å². The summed E-state index contributed by atoms with van der Waals surface area (Å²) in [5, 5.41) is 6.23. The number of rotatable bonds is 1. The van der Waals surface area contributed by atoms with Crippen LogP contribution < -0.4 is 10.6 Å². The highest BCUT2D eigenvalue weighted by Gasteiger charge is 2.32. The van der Waals surface area contributed by atoms with E-state index in [-0.39, 0.29) is 0 Å². The fourth-order valence-electron chi connectivity index (χ4n) is 2.31. The van der Waals surface area contributed by atoms with Crippen molar-refractivity contribution in [1.82, 2.24) is 10.6 Å². The lowest BCUT2D eigenvalue weighted by molar-refractivity contribution is -0.124. The fourth-order valence-corrected chi connectivity index (χ4v) is 2.31. The van der Waals surface area contributed by atoms with Crippen LogP contribution in [0.25, 0.3) is 0 Å². The van der Waals surface area contributed by atoms with Gasteiger partial charge in [-0.1, -0.05) is 0 Å². The third-order valence-electron chi connectivity index (χ3n) is 3.04. The zero-order valence-electron chi connectivity index (χ0n) is 7.31. The largest absolute Gasteiger partial charge is 0.356 e. The molecule has 0 radical (unpaired) electrons. The molecule has 0 aromatic heterocycles. The first-order valence-electron chi connectivity index (χ1n) is 4.86. The third kappa shape index (κ3) is 1.46. The maximum atomic E-state index is 11.3. The summed E-state index contributed by atoms with van der Waals surface area (Å²) in [6, 6.07) is 0. The Morgan fingerprint density at radius 2 is 1.83 bits per heavy atom. The van der Waals surface area contributed by atoms with Crippen LogP contribution in [-0.2, 0) is 4.79 Å². The van der Waals surface area contributed by atoms with Gasteiger partial charge in [0, 0.05) is 12.5 Å². The summed E-state index contributed by atoms with van der Waals surface area (Å²) in [6.45, 7) is 3.08. The molecule has 3 nitrogen and oxygen atoms in total. The number of carbonyl (C=O) groups is 1. The van der Waals surface area contributed by atoms with E-state index in [0.29, 0.717) is 17.7 Å². The molecule has 0 aliphatic carbocycles. The van der Waals surface area contributed by atoms with Crippen molar-refractivity contribution in [3.05, 3.63) is 0 Å². The van der Waals surface area contributed by atoms with Crippen molar-refractivity contribution in [3.8, 4) is 0 Å². The van der Waals surface area contributed by atoms with Gasteiger partial charge in [-0.2, -0.15) is 0 Å². The molecule has 2 rings (SSSR count). The molecule has 2 aliphatic rings. The van der Waals surface area contributed by atoms with Gasteiger partial charge >= 0.3 is 0 Å². The van der Waals surface area contributed by atoms with Gasteiger partial charge in [-0.25, -0.2) is 0 Å². The number of nitrogens with one attached hydrogen (secondary N) is 2. The Balaban J connectivity index is 1.93. The Labute approximate surface area is 72.9 Å². The van der Waals surface area contributed by atoms with Crippen LogP contribution in [0, 0.1) is 11.8 Å². The molecule has 2 N–H and O–H groups in total. The van der Waals surface area contributed by atoms with E-state index in [1.54, 1.807) is 0 Å². The summed E-state index contributed by atoms with van der Waals surface area (Å²) >= 11 is 0. The van der Waals surface area contributed by atoms with Crippen LogP contribution in [0.2, 0.25) is 0 Å². The SMILES string of the molecule is O=C1NCCC1C1CCNCC1. The Morgan fingerprint density at radius 3 is 2.42 bits per heavy atom. The molecular formula is C9H16N2O. The summed E-state index contributed by atoms with van der Waals surface area (Å²) in [6.07, 6.45) is 3.42. The van der Waals surface area contributed by atoms with E-state index < -0.39 is 0 Å². The van der Waals surface area contributed by atoms with Gasteiger partial charge in [0.25, 0.3) is 0 Å². The monoisotopic (exact) mass is 168 g/mol. The summed E-state index contributed by atoms with van der Waals surface area (Å²) in [5.74, 6) is 1.27. The van der Waals surface area contributed by atoms with E-state index in [9.17, 15) is 4.79 Å². The van der Waals surface area contributed by atoms with Crippen LogP contribution in [0.4, 0.5) is 0 Å². The molecule has 68 valence electrons. The number of hydrogen-bond donors (Lipinski definition) is 2. The average molecular weight is 168 g/mol. The van der Waals surface area contributed by atoms with Gasteiger partial charge in [0.1, 0.15) is 0 Å². The number of hydrogen-bond acceptors (Lipinski definition) is 2. The molecule has 2 fully saturated rings. The van der Waals surface area contributed by atoms with Crippen LogP contribution >= 0.6 is 0 Å². The van der Waals surface area contributed by atoms with E-state index in [1.807, 2.05) is 0 Å². The van der Waals surface area contributed by atoms with Gasteiger partial charge in [-0.05, 0) is 38.3 Å². The second-order valence-electron chi connectivity index (χ2n) is 3.77. The predicted molar refractivity (Wildman–Crippen MR) is 46.7 cm³/mol. The second-order valence-corrected chi connectivity index (χ2v) is 3.77. The molecule has 1 atom stereocenters. The molecule has 1 amide bonds. The first-order chi connectivity index (χ1) is 5.88. The normalized spacial score (nSPS) is 32.0. The van der Waals surface area contributed by atoms with Crippen LogP contribution in [0.3, 0.4) is 0 Å². The molecule has 2 heterocycles. The van der Waals surface area contributed by atoms with Crippen molar-refractivity contribution < 1.29 is 4.79 Å². The summed E-state index contributed by atoms with van der Waals surface area (Å²) in [7, 11) is 0. The second kappa shape index (κ2) is 3.44. The maximum absolute atomic E-state index is 11.3. The van der Waals surface area contributed by atoms with E-state index in [0.717, 1.165) is 26.1 Å². The minimum Gasteiger partial charge on any atom is -0.356 e. The number of amides is 1. The van der Waals surface area contributed by atoms with E-state index >= 15 is 0 Å². The lowest BCUT2D eigenvalue weighted by Gasteiger charge is -2.26. The molecule has 1 unspecified atom stereocenters. The van der Waals surface area contributed by atoms with Gasteiger partial charge in [-0.15, -0.1) is 0 Å². The average Bonchev–Trinajstić information content (AvgIpc) is 2.53. The van der Waals surface area contributed by atoms with Gasteiger partial charge < -0.3 is 10.6 Å². The number of carbonyl (C=O) groups excluding carboxylic acids is 1. The van der Waals surface area contributed by atoms with E-state index in [1.165, 1.54) is 12.8 Å². The van der Waals surface area contributed by atoms with E-state index in [2.05, 4.69) is 10.6 Å². The summed E-state index contributed by atoms with van der Waals surface area (Å²) in [4.78, 5) is 11.3. The highest BCUT2D eigenvalue weighted by atomic mass is 16.2. The zero-order valence-corrected chi connectivity index (χ0v) is 7.31. The van der Waals surface area contributed by atoms with Crippen molar-refractivity contribution in [2.75, 3.05) is 19.6 Å². The first kappa shape index (κ1) is 8.05. The smallest absolute Gasteiger partial charge is 0.223 e. The molecular weight excluding hydrogens is 152 g/mol. The number of piperidine rings is 1. The zero-order chi connectivity index (χ0) is 8.39. The lowest BCUT2D eigenvalue weighted by Crippen LogP contribution is -2.34. The fraction of sp³-hybridized carbons (Fsp3) is 0.889. The molecule has 0 bridgehead atoms. The van der Waals surface area contributed by atoms with Crippen LogP contribution in [-0.4, -0.2) is 25.5 Å². The van der Waals surface area contributed by atoms with Crippen molar-refractivity contribution >= 4 is 5.91 Å². The molecule has 0 aromatic rings. The molecule has 12 heavy (non-hydrogen) atoms. The van der Waals surface area contributed by atoms with Crippen molar-refractivity contribution in [2.45, 2.75) is 19.3 Å². The molecule has 0 saturated carbocycles. The Kier molecular flexibility index (Phi) is 2.30. The minimum atomic E-state index is 0.293. The highest BCUT2D eigenvalue weighted by molar-refractivity contribution is 5.80. The molecule has 2 saturated heterocycles. The van der Waals surface area contributed by atoms with Crippen molar-refractivity contribution in [1.29, 1.82) is 0 Å². The molecule has 0 spiro atoms. The minimum absolute atomic E-state index is 0.293. The van der Waals surface area contributed by atoms with Crippen LogP contribution in [0.15, 0.2) is 0 Å². The molecule has 0 aromatic carbocycles. The van der Waals surface area contributed by atoms with Gasteiger partial charge in [0.05, 0.1) is 0 Å². The molecule has 2 aliphatic heterocycles. The van der Waals surface area contributed by atoms with Gasteiger partial charge in [-0.3, -0.25) is 4.79 Å². The van der Waals surface area contributed by atoms with Crippen LogP contribution in [0.1, 0.15) is 19.3 Å². The molecule has 3 heteroatoms. The Hall–Kier alpha value is -0.570. The topological polar surface area (TPSA) is 41.1 Å². The summed E-state index contributed by atoms with van der Waals surface area (Å²) in [5.41, 5.74) is 0. The van der Waals surface area contributed by atoms with Crippen molar-refractivity contribution in [3.63, 3.8) is 0 Å². The highest BCUT2D eigenvalue weighted by Crippen LogP contribution is 2.27. The first-order valence-corrected chi connectivity index (χ1v) is 4.86. The maximum Gasteiger partial charge on any atom is 0.223 e. The Morgan fingerprint density at radius 1 is 1.08 bits per heavy atom. The standard InChI is InChI=1S/C9H16N2O/c12-9-8(3-6-11-9)7-1-4-10-5-2-7/h7-8,10H,1-6H2,(H,11,12). The third-order valence-corrected chi connectivity index (χ3v) is 3.04. The Bertz CT molecular complexity index is 175. The lowest BCUT2D eigenvalue weighted by atomic mass is 9.84. The van der Waals surface area contributed by atoms with Crippen LogP contribution in [0.5, 0.6) is 0 Å². The summed E-state index contributed by atoms with van der Waals surface area (Å²) < 4.78 is 0. The predicted octanol–water partition coefficient (Wildman–Crippen LogP) is 0.122.